The molecule has 110 valence electrons. The zero-order valence-corrected chi connectivity index (χ0v) is 11.8. The molecule has 1 aliphatic carbocycles. The highest BCUT2D eigenvalue weighted by atomic mass is 16.8. The first-order chi connectivity index (χ1) is 9.52. The predicted molar refractivity (Wildman–Crippen MR) is 75.1 cm³/mol. The van der Waals surface area contributed by atoms with Crippen LogP contribution in [0.5, 0.6) is 0 Å². The van der Waals surface area contributed by atoms with Gasteiger partial charge in [0.2, 0.25) is 0 Å². The molecule has 2 rings (SSSR count). The van der Waals surface area contributed by atoms with E-state index in [1.807, 2.05) is 26.0 Å². The summed E-state index contributed by atoms with van der Waals surface area (Å²) in [5.74, 6) is 0.587. The molecule has 0 amide bonds. The molecule has 0 heterocycles. The molecule has 1 aliphatic rings. The molecule has 1 N–H and O–H groups in total. The zero-order valence-electron chi connectivity index (χ0n) is 11.8. The maximum atomic E-state index is 11.6. The van der Waals surface area contributed by atoms with Crippen molar-refractivity contribution < 1.29 is 14.8 Å². The Morgan fingerprint density at radius 1 is 1.35 bits per heavy atom. The second-order valence-electron chi connectivity index (χ2n) is 5.38. The molecule has 0 aliphatic heterocycles. The summed E-state index contributed by atoms with van der Waals surface area (Å²) in [4.78, 5) is 11.6. The maximum Gasteiger partial charge on any atom is 0.308 e. The van der Waals surface area contributed by atoms with Crippen molar-refractivity contribution in [3.05, 3.63) is 40.2 Å². The monoisotopic (exact) mass is 278 g/mol. The molecule has 0 aromatic heterocycles. The van der Waals surface area contributed by atoms with E-state index in [2.05, 4.69) is 0 Å². The van der Waals surface area contributed by atoms with Gasteiger partial charge >= 0.3 is 5.97 Å². The van der Waals surface area contributed by atoms with Crippen LogP contribution in [0.25, 0.3) is 0 Å². The summed E-state index contributed by atoms with van der Waals surface area (Å²) in [6, 6.07) is 6.82. The standard InChI is InChI=1S/C15H20NO4/c1-3-20-15(17)10(2)12-8-13(9-12)11-4-6-14(7-5-11)16(18)19/h4-7,10,12-13,16H,3,8-9H2,1-2H3/q-1. The molecule has 0 bridgehead atoms. The van der Waals surface area contributed by atoms with Crippen LogP contribution >= 0.6 is 0 Å². The lowest BCUT2D eigenvalue weighted by Gasteiger charge is -2.38. The number of benzene rings is 1. The first kappa shape index (κ1) is 15.0. The average Bonchev–Trinajstić information content (AvgIpc) is 2.37. The van der Waals surface area contributed by atoms with Gasteiger partial charge in [-0.25, -0.2) is 0 Å². The van der Waals surface area contributed by atoms with E-state index in [1.165, 1.54) is 0 Å². The highest BCUT2D eigenvalue weighted by Gasteiger charge is 2.37. The number of rotatable bonds is 5. The quantitative estimate of drug-likeness (QED) is 0.659. The van der Waals surface area contributed by atoms with Gasteiger partial charge in [0, 0.05) is 0 Å². The Labute approximate surface area is 118 Å². The van der Waals surface area contributed by atoms with Crippen molar-refractivity contribution in [1.82, 2.24) is 0 Å². The average molecular weight is 278 g/mol. The van der Waals surface area contributed by atoms with E-state index >= 15 is 0 Å². The molecule has 0 radical (unpaired) electrons. The number of ether oxygens (including phenoxy) is 1. The molecule has 1 fully saturated rings. The van der Waals surface area contributed by atoms with Gasteiger partial charge in [-0.3, -0.25) is 4.79 Å². The number of hydrogen-bond acceptors (Lipinski definition) is 4. The van der Waals surface area contributed by atoms with Gasteiger partial charge in [-0.2, -0.15) is 0 Å². The molecule has 0 spiro atoms. The van der Waals surface area contributed by atoms with E-state index in [-0.39, 0.29) is 17.6 Å². The third-order valence-electron chi connectivity index (χ3n) is 4.16. The zero-order chi connectivity index (χ0) is 14.7. The van der Waals surface area contributed by atoms with Crippen LogP contribution in [0.2, 0.25) is 0 Å². The largest absolute Gasteiger partial charge is 0.628 e. The lowest BCUT2D eigenvalue weighted by molar-refractivity contribution is -0.715. The summed E-state index contributed by atoms with van der Waals surface area (Å²) in [5, 5.41) is 20.2. The molecule has 20 heavy (non-hydrogen) atoms. The summed E-state index contributed by atoms with van der Waals surface area (Å²) in [6.45, 7) is 4.15. The van der Waals surface area contributed by atoms with Gasteiger partial charge in [0.1, 0.15) is 5.69 Å². The minimum atomic E-state index is -1.15. The minimum absolute atomic E-state index is 0.0614. The Morgan fingerprint density at radius 3 is 2.45 bits per heavy atom. The van der Waals surface area contributed by atoms with E-state index in [0.29, 0.717) is 18.4 Å². The first-order valence-electron chi connectivity index (χ1n) is 7.00. The second-order valence-corrected chi connectivity index (χ2v) is 5.38. The summed E-state index contributed by atoms with van der Waals surface area (Å²) in [5.41, 5.74) is 1.33. The molecule has 1 saturated carbocycles. The van der Waals surface area contributed by atoms with Gasteiger partial charge < -0.3 is 20.4 Å². The third-order valence-corrected chi connectivity index (χ3v) is 4.16. The summed E-state index contributed by atoms with van der Waals surface area (Å²) >= 11 is 0. The van der Waals surface area contributed by atoms with Gasteiger partial charge in [-0.15, -0.1) is 0 Å². The van der Waals surface area contributed by atoms with Gasteiger partial charge in [0.15, 0.2) is 0 Å². The molecular weight excluding hydrogens is 258 g/mol. The fourth-order valence-corrected chi connectivity index (χ4v) is 2.70. The third kappa shape index (κ3) is 3.17. The van der Waals surface area contributed by atoms with Gasteiger partial charge in [0.05, 0.1) is 12.5 Å². The van der Waals surface area contributed by atoms with Crippen molar-refractivity contribution in [3.8, 4) is 0 Å². The van der Waals surface area contributed by atoms with Crippen LogP contribution < -0.4 is 5.23 Å². The topological polar surface area (TPSA) is 76.9 Å². The van der Waals surface area contributed by atoms with Crippen molar-refractivity contribution in [1.29, 1.82) is 0 Å². The molecule has 1 atom stereocenters. The number of hydrogen-bond donors (Lipinski definition) is 1. The molecule has 5 heteroatoms. The highest BCUT2D eigenvalue weighted by Crippen LogP contribution is 2.45. The number of carbonyl (C=O) groups excluding carboxylic acids is 1. The van der Waals surface area contributed by atoms with Crippen LogP contribution in [0.15, 0.2) is 24.3 Å². The Hall–Kier alpha value is -1.43. The van der Waals surface area contributed by atoms with Gasteiger partial charge in [0.25, 0.3) is 0 Å². The van der Waals surface area contributed by atoms with Crippen LogP contribution in [-0.4, -0.2) is 12.6 Å². The second kappa shape index (κ2) is 6.35. The Balaban J connectivity index is 1.88. The van der Waals surface area contributed by atoms with Crippen LogP contribution in [0.1, 0.15) is 38.2 Å². The molecule has 1 unspecified atom stereocenters. The fraction of sp³-hybridized carbons (Fsp3) is 0.533. The van der Waals surface area contributed by atoms with Crippen LogP contribution in [0.3, 0.4) is 0 Å². The molecular formula is C15H20NO4-. The highest BCUT2D eigenvalue weighted by molar-refractivity contribution is 5.72. The SMILES string of the molecule is CCOC(=O)C(C)C1CC(c2ccc([NH+]([O-])[O-])cc2)C1. The minimum Gasteiger partial charge on any atom is -0.628 e. The normalized spacial score (nSPS) is 23.2. The lowest BCUT2D eigenvalue weighted by Crippen LogP contribution is -2.96. The van der Waals surface area contributed by atoms with Crippen LogP contribution in [-0.2, 0) is 9.53 Å². The van der Waals surface area contributed by atoms with E-state index in [4.69, 9.17) is 4.74 Å². The van der Waals surface area contributed by atoms with Crippen LogP contribution in [0, 0.1) is 22.3 Å². The summed E-state index contributed by atoms with van der Waals surface area (Å²) in [6.07, 6.45) is 1.90. The van der Waals surface area contributed by atoms with Gasteiger partial charge in [-0.05, 0) is 49.3 Å². The van der Waals surface area contributed by atoms with Crippen molar-refractivity contribution in [2.24, 2.45) is 11.8 Å². The lowest BCUT2D eigenvalue weighted by atomic mass is 9.66. The van der Waals surface area contributed by atoms with E-state index in [0.717, 1.165) is 18.4 Å². The Bertz CT molecular complexity index is 451. The predicted octanol–water partition coefficient (Wildman–Crippen LogP) is 1.89. The Kier molecular flexibility index (Phi) is 4.75. The van der Waals surface area contributed by atoms with E-state index in [9.17, 15) is 15.2 Å². The van der Waals surface area contributed by atoms with E-state index in [1.54, 1.807) is 12.1 Å². The van der Waals surface area contributed by atoms with Crippen molar-refractivity contribution in [3.63, 3.8) is 0 Å². The fourth-order valence-electron chi connectivity index (χ4n) is 2.70. The van der Waals surface area contributed by atoms with Crippen molar-refractivity contribution in [2.45, 2.75) is 32.6 Å². The first-order valence-corrected chi connectivity index (χ1v) is 7.00. The van der Waals surface area contributed by atoms with Crippen molar-refractivity contribution >= 4 is 11.7 Å². The number of esters is 1. The molecule has 0 saturated heterocycles. The maximum absolute atomic E-state index is 11.6. The number of carbonyl (C=O) groups is 1. The Morgan fingerprint density at radius 2 is 1.95 bits per heavy atom. The summed E-state index contributed by atoms with van der Waals surface area (Å²) in [7, 11) is 0. The smallest absolute Gasteiger partial charge is 0.308 e. The van der Waals surface area contributed by atoms with Crippen LogP contribution in [0.4, 0.5) is 5.69 Å². The molecule has 1 aromatic carbocycles. The number of nitrogens with one attached hydrogen (secondary N) is 1. The summed E-state index contributed by atoms with van der Waals surface area (Å²) < 4.78 is 5.03. The van der Waals surface area contributed by atoms with Crippen molar-refractivity contribution in [2.75, 3.05) is 6.61 Å². The number of quaternary nitrogens is 1. The molecule has 5 nitrogen and oxygen atoms in total. The van der Waals surface area contributed by atoms with E-state index < -0.39 is 5.23 Å². The van der Waals surface area contributed by atoms with Gasteiger partial charge in [-0.1, -0.05) is 19.1 Å². The molecule has 1 aromatic rings.